The summed E-state index contributed by atoms with van der Waals surface area (Å²) in [4.78, 5) is 18.1. The average Bonchev–Trinajstić information content (AvgIpc) is 3.03. The van der Waals surface area contributed by atoms with E-state index in [1.165, 1.54) is 27.8 Å². The van der Waals surface area contributed by atoms with E-state index in [1.54, 1.807) is 0 Å². The van der Waals surface area contributed by atoms with Crippen molar-refractivity contribution in [2.24, 2.45) is 5.92 Å². The Kier molecular flexibility index (Phi) is 6.33. The van der Waals surface area contributed by atoms with E-state index < -0.39 is 0 Å². The zero-order valence-corrected chi connectivity index (χ0v) is 17.2. The summed E-state index contributed by atoms with van der Waals surface area (Å²) < 4.78 is 6.60. The molecule has 4 rings (SSSR count). The van der Waals surface area contributed by atoms with Crippen molar-refractivity contribution in [3.8, 4) is 0 Å². The molecule has 1 aromatic heterocycles. The minimum Gasteiger partial charge on any atom is -0.378 e. The van der Waals surface area contributed by atoms with Crippen molar-refractivity contribution >= 4 is 38.9 Å². The van der Waals surface area contributed by atoms with E-state index in [0.29, 0.717) is 31.5 Å². The van der Waals surface area contributed by atoms with Crippen LogP contribution in [0.2, 0.25) is 5.02 Å². The summed E-state index contributed by atoms with van der Waals surface area (Å²) in [5, 5.41) is 2.10. The highest BCUT2D eigenvalue weighted by Gasteiger charge is 2.23. The number of rotatable bonds is 5. The summed E-state index contributed by atoms with van der Waals surface area (Å²) in [6.07, 6.45) is 4.07. The highest BCUT2D eigenvalue weighted by atomic mass is 35.5. The van der Waals surface area contributed by atoms with E-state index in [2.05, 4.69) is 29.2 Å². The number of nitrogens with zero attached hydrogens (tertiary/aromatic N) is 2. The third-order valence-electron chi connectivity index (χ3n) is 5.81. The Bertz CT molecular complexity index is 780. The monoisotopic (exact) mass is 406 g/mol. The van der Waals surface area contributed by atoms with Crippen LogP contribution in [0.1, 0.15) is 30.6 Å². The Morgan fingerprint density at radius 1 is 1.15 bits per heavy atom. The Morgan fingerprint density at radius 3 is 2.63 bits per heavy atom. The van der Waals surface area contributed by atoms with E-state index in [4.69, 9.17) is 16.3 Å². The van der Waals surface area contributed by atoms with Crippen molar-refractivity contribution in [1.29, 1.82) is 0 Å². The Morgan fingerprint density at radius 2 is 1.89 bits per heavy atom. The zero-order chi connectivity index (χ0) is 18.6. The molecule has 0 aliphatic carbocycles. The number of likely N-dealkylation sites (tertiary alicyclic amines) is 1. The highest BCUT2D eigenvalue weighted by molar-refractivity contribution is 7.19. The minimum absolute atomic E-state index is 0.304. The van der Waals surface area contributed by atoms with E-state index >= 15 is 0 Å². The SMILES string of the molecule is O=C(CCC1CCN(Cc2sc3ccccc3c2Cl)CC1)N1CCOCC1. The first-order valence-corrected chi connectivity index (χ1v) is 11.1. The molecular weight excluding hydrogens is 380 g/mol. The summed E-state index contributed by atoms with van der Waals surface area (Å²) in [5.74, 6) is 0.974. The predicted octanol–water partition coefficient (Wildman–Crippen LogP) is 4.41. The normalized spacial score (nSPS) is 19.7. The lowest BCUT2D eigenvalue weighted by Gasteiger charge is -2.32. The van der Waals surface area contributed by atoms with Crippen LogP contribution in [-0.2, 0) is 16.1 Å². The van der Waals surface area contributed by atoms with Gasteiger partial charge in [-0.15, -0.1) is 11.3 Å². The summed E-state index contributed by atoms with van der Waals surface area (Å²) >= 11 is 8.41. The second-order valence-corrected chi connectivity index (χ2v) is 9.10. The molecule has 6 heteroatoms. The molecular formula is C21H27ClN2O2S. The summed E-state index contributed by atoms with van der Waals surface area (Å²) in [6, 6.07) is 8.37. The number of carbonyl (C=O) groups is 1. The van der Waals surface area contributed by atoms with Gasteiger partial charge in [-0.1, -0.05) is 29.8 Å². The smallest absolute Gasteiger partial charge is 0.222 e. The van der Waals surface area contributed by atoms with Crippen LogP contribution in [0.15, 0.2) is 24.3 Å². The molecule has 0 bridgehead atoms. The summed E-state index contributed by atoms with van der Waals surface area (Å²) in [7, 11) is 0. The Labute approximate surface area is 170 Å². The number of hydrogen-bond acceptors (Lipinski definition) is 4. The van der Waals surface area contributed by atoms with Gasteiger partial charge in [0.15, 0.2) is 0 Å². The van der Waals surface area contributed by atoms with Crippen molar-refractivity contribution < 1.29 is 9.53 Å². The molecule has 0 N–H and O–H groups in total. The van der Waals surface area contributed by atoms with Crippen molar-refractivity contribution in [2.45, 2.75) is 32.2 Å². The van der Waals surface area contributed by atoms with Gasteiger partial charge in [-0.3, -0.25) is 9.69 Å². The fraction of sp³-hybridized carbons (Fsp3) is 0.571. The minimum atomic E-state index is 0.304. The quantitative estimate of drug-likeness (QED) is 0.737. The van der Waals surface area contributed by atoms with Crippen molar-refractivity contribution in [1.82, 2.24) is 9.80 Å². The van der Waals surface area contributed by atoms with Gasteiger partial charge in [-0.2, -0.15) is 0 Å². The molecule has 0 atom stereocenters. The molecule has 27 heavy (non-hydrogen) atoms. The number of piperidine rings is 1. The molecule has 0 saturated carbocycles. The van der Waals surface area contributed by atoms with Crippen LogP contribution in [0.25, 0.3) is 10.1 Å². The van der Waals surface area contributed by atoms with Crippen molar-refractivity contribution in [2.75, 3.05) is 39.4 Å². The maximum atomic E-state index is 12.3. The van der Waals surface area contributed by atoms with Crippen LogP contribution in [0.4, 0.5) is 0 Å². The second kappa shape index (κ2) is 8.91. The van der Waals surface area contributed by atoms with Gasteiger partial charge in [0.1, 0.15) is 0 Å². The van der Waals surface area contributed by atoms with Crippen molar-refractivity contribution in [3.63, 3.8) is 0 Å². The summed E-state index contributed by atoms with van der Waals surface area (Å²) in [6.45, 7) is 6.02. The maximum absolute atomic E-state index is 12.3. The molecule has 1 amide bonds. The van der Waals surface area contributed by atoms with Gasteiger partial charge in [0.25, 0.3) is 0 Å². The van der Waals surface area contributed by atoms with E-state index in [9.17, 15) is 4.79 Å². The first-order chi connectivity index (χ1) is 13.2. The first kappa shape index (κ1) is 19.2. The lowest BCUT2D eigenvalue weighted by molar-refractivity contribution is -0.135. The molecule has 4 nitrogen and oxygen atoms in total. The van der Waals surface area contributed by atoms with Gasteiger partial charge in [0, 0.05) is 41.0 Å². The molecule has 2 saturated heterocycles. The van der Waals surface area contributed by atoms with E-state index in [0.717, 1.165) is 44.2 Å². The van der Waals surface area contributed by atoms with Gasteiger partial charge in [-0.05, 0) is 44.3 Å². The Balaban J connectivity index is 1.24. The van der Waals surface area contributed by atoms with Gasteiger partial charge in [-0.25, -0.2) is 0 Å². The fourth-order valence-corrected chi connectivity index (χ4v) is 5.64. The molecule has 3 heterocycles. The maximum Gasteiger partial charge on any atom is 0.222 e. The Hall–Kier alpha value is -1.14. The van der Waals surface area contributed by atoms with Crippen LogP contribution in [0, 0.1) is 5.92 Å². The molecule has 2 fully saturated rings. The molecule has 1 aromatic carbocycles. The fourth-order valence-electron chi connectivity index (χ4n) is 4.10. The predicted molar refractivity (Wildman–Crippen MR) is 111 cm³/mol. The topological polar surface area (TPSA) is 32.8 Å². The molecule has 2 aliphatic heterocycles. The largest absolute Gasteiger partial charge is 0.378 e. The lowest BCUT2D eigenvalue weighted by Crippen LogP contribution is -2.41. The van der Waals surface area contributed by atoms with Gasteiger partial charge >= 0.3 is 0 Å². The number of halogens is 1. The van der Waals surface area contributed by atoms with Gasteiger partial charge < -0.3 is 9.64 Å². The van der Waals surface area contributed by atoms with Crippen LogP contribution >= 0.6 is 22.9 Å². The van der Waals surface area contributed by atoms with Crippen molar-refractivity contribution in [3.05, 3.63) is 34.2 Å². The third kappa shape index (κ3) is 4.65. The van der Waals surface area contributed by atoms with Gasteiger partial charge in [0.05, 0.1) is 18.2 Å². The van der Waals surface area contributed by atoms with Gasteiger partial charge in [0.2, 0.25) is 5.91 Å². The van der Waals surface area contributed by atoms with Crippen LogP contribution in [0.3, 0.4) is 0 Å². The molecule has 2 aliphatic rings. The number of thiophene rings is 1. The number of benzene rings is 1. The zero-order valence-electron chi connectivity index (χ0n) is 15.7. The van der Waals surface area contributed by atoms with Crippen LogP contribution in [-0.4, -0.2) is 55.1 Å². The third-order valence-corrected chi connectivity index (χ3v) is 7.51. The number of morpholine rings is 1. The number of carbonyl (C=O) groups excluding carboxylic acids is 1. The number of amides is 1. The second-order valence-electron chi connectivity index (χ2n) is 7.59. The average molecular weight is 407 g/mol. The number of fused-ring (bicyclic) bond motifs is 1. The molecule has 146 valence electrons. The molecule has 2 aromatic rings. The number of hydrogen-bond donors (Lipinski definition) is 0. The van der Waals surface area contributed by atoms with Crippen LogP contribution < -0.4 is 0 Å². The lowest BCUT2D eigenvalue weighted by atomic mass is 9.92. The molecule has 0 radical (unpaired) electrons. The summed E-state index contributed by atoms with van der Waals surface area (Å²) in [5.41, 5.74) is 0. The molecule has 0 unspecified atom stereocenters. The van der Waals surface area contributed by atoms with E-state index in [-0.39, 0.29) is 0 Å². The highest BCUT2D eigenvalue weighted by Crippen LogP contribution is 2.36. The standard InChI is InChI=1S/C21H27ClN2O2S/c22-21-17-3-1-2-4-18(17)27-19(21)15-23-9-7-16(8-10-23)5-6-20(25)24-11-13-26-14-12-24/h1-4,16H,5-15H2. The van der Waals surface area contributed by atoms with Crippen LogP contribution in [0.5, 0.6) is 0 Å². The van der Waals surface area contributed by atoms with E-state index in [1.807, 2.05) is 16.2 Å². The molecule has 0 spiro atoms. The first-order valence-electron chi connectivity index (χ1n) is 9.94. The number of ether oxygens (including phenoxy) is 1.